The highest BCUT2D eigenvalue weighted by Crippen LogP contribution is 2.14. The number of hydrogen-bond donors (Lipinski definition) is 0. The highest BCUT2D eigenvalue weighted by molar-refractivity contribution is 7.93. The summed E-state index contributed by atoms with van der Waals surface area (Å²) in [5.41, 5.74) is 4.62. The first-order valence-electron chi connectivity index (χ1n) is 11.7. The zero-order valence-corrected chi connectivity index (χ0v) is 23.0. The molecule has 6 heteroatoms. The summed E-state index contributed by atoms with van der Waals surface area (Å²) in [6.07, 6.45) is 3.38. The van der Waals surface area contributed by atoms with Crippen LogP contribution >= 0.6 is 0 Å². The van der Waals surface area contributed by atoms with Crippen molar-refractivity contribution in [2.75, 3.05) is 12.5 Å². The molecule has 4 nitrogen and oxygen atoms in total. The third-order valence-electron chi connectivity index (χ3n) is 5.59. The molecule has 2 atom stereocenters. The number of nitrogens with zero attached hydrogens (tertiary/aromatic N) is 2. The molecule has 0 saturated heterocycles. The monoisotopic (exact) mass is 518 g/mol. The van der Waals surface area contributed by atoms with Gasteiger partial charge in [-0.05, 0) is 49.2 Å². The molecule has 0 N–H and O–H groups in total. The maximum atomic E-state index is 12.5. The predicted molar refractivity (Wildman–Crippen MR) is 152 cm³/mol. The number of hydrogen-bond acceptors (Lipinski definition) is 4. The first-order chi connectivity index (χ1) is 17.2. The van der Waals surface area contributed by atoms with Gasteiger partial charge in [0.25, 0.3) is 0 Å². The van der Waals surface area contributed by atoms with Gasteiger partial charge in [-0.2, -0.15) is 0 Å². The molecule has 0 aromatic heterocycles. The SMILES string of the molecule is Cc1ccc(CN=S(C)(=O)c2ccccc2)cc1.Cc1ccc(CN=S(C)(=O)c2ccccc2)cc1. The molecule has 4 aromatic rings. The second-order valence-electron chi connectivity index (χ2n) is 8.78. The van der Waals surface area contributed by atoms with Crippen LogP contribution in [0.2, 0.25) is 0 Å². The Morgan fingerprint density at radius 2 is 0.806 bits per heavy atom. The van der Waals surface area contributed by atoms with E-state index in [1.807, 2.05) is 123 Å². The second-order valence-corrected chi connectivity index (χ2v) is 13.4. The number of rotatable bonds is 6. The molecular weight excluding hydrogens is 484 g/mol. The van der Waals surface area contributed by atoms with Gasteiger partial charge in [-0.3, -0.25) is 0 Å². The van der Waals surface area contributed by atoms with E-state index in [1.54, 1.807) is 12.5 Å². The van der Waals surface area contributed by atoms with Crippen LogP contribution in [0.15, 0.2) is 128 Å². The highest BCUT2D eigenvalue weighted by atomic mass is 32.2. The Hall–Kier alpha value is -3.22. The van der Waals surface area contributed by atoms with Gasteiger partial charge in [0.1, 0.15) is 0 Å². The van der Waals surface area contributed by atoms with E-state index in [1.165, 1.54) is 11.1 Å². The van der Waals surface area contributed by atoms with Crippen LogP contribution in [0.1, 0.15) is 22.3 Å². The first kappa shape index (κ1) is 27.4. The van der Waals surface area contributed by atoms with Gasteiger partial charge in [0, 0.05) is 22.3 Å². The average Bonchev–Trinajstić information content (AvgIpc) is 2.89. The van der Waals surface area contributed by atoms with Gasteiger partial charge < -0.3 is 0 Å². The lowest BCUT2D eigenvalue weighted by Crippen LogP contribution is -1.98. The zero-order chi connectivity index (χ0) is 26.0. The summed E-state index contributed by atoms with van der Waals surface area (Å²) in [6.45, 7) is 5.08. The fourth-order valence-corrected chi connectivity index (χ4v) is 5.69. The quantitative estimate of drug-likeness (QED) is 0.269. The van der Waals surface area contributed by atoms with E-state index < -0.39 is 19.5 Å². The standard InChI is InChI=1S/2C15H17NOS/c2*1-13-8-10-14(11-9-13)12-16-18(2,17)15-6-4-3-5-7-15/h2*3-11H,12H2,1-2H3. The fraction of sp³-hybridized carbons (Fsp3) is 0.200. The Balaban J connectivity index is 0.000000201. The fourth-order valence-electron chi connectivity index (χ4n) is 3.28. The summed E-state index contributed by atoms with van der Waals surface area (Å²) in [6, 6.07) is 35.1. The normalized spacial score (nSPS) is 13.9. The third-order valence-corrected chi connectivity index (χ3v) is 9.13. The highest BCUT2D eigenvalue weighted by Gasteiger charge is 2.05. The summed E-state index contributed by atoms with van der Waals surface area (Å²) < 4.78 is 33.6. The van der Waals surface area contributed by atoms with Crippen LogP contribution in [0.5, 0.6) is 0 Å². The molecule has 2 unspecified atom stereocenters. The van der Waals surface area contributed by atoms with E-state index in [2.05, 4.69) is 8.73 Å². The molecule has 0 heterocycles. The minimum Gasteiger partial charge on any atom is -0.245 e. The van der Waals surface area contributed by atoms with Crippen LogP contribution in [0.25, 0.3) is 0 Å². The molecule has 0 aliphatic rings. The predicted octanol–water partition coefficient (Wildman–Crippen LogP) is 7.30. The molecule has 36 heavy (non-hydrogen) atoms. The summed E-state index contributed by atoms with van der Waals surface area (Å²) in [4.78, 5) is 1.58. The second kappa shape index (κ2) is 12.7. The average molecular weight is 519 g/mol. The maximum Gasteiger partial charge on any atom is 0.0737 e. The minimum absolute atomic E-state index is 0.491. The maximum absolute atomic E-state index is 12.5. The number of benzene rings is 4. The van der Waals surface area contributed by atoms with Gasteiger partial charge in [0.2, 0.25) is 0 Å². The van der Waals surface area contributed by atoms with Crippen molar-refractivity contribution >= 4 is 19.5 Å². The molecule has 0 spiro atoms. The molecule has 4 aromatic carbocycles. The van der Waals surface area contributed by atoms with Gasteiger partial charge in [0.05, 0.1) is 32.5 Å². The van der Waals surface area contributed by atoms with Crippen molar-refractivity contribution in [3.8, 4) is 0 Å². The Labute approximate surface area is 216 Å². The summed E-state index contributed by atoms with van der Waals surface area (Å²) in [5, 5.41) is 0. The van der Waals surface area contributed by atoms with Gasteiger partial charge >= 0.3 is 0 Å². The molecule has 0 bridgehead atoms. The van der Waals surface area contributed by atoms with Crippen LogP contribution in [0, 0.1) is 13.8 Å². The Morgan fingerprint density at radius 3 is 1.11 bits per heavy atom. The van der Waals surface area contributed by atoms with E-state index in [4.69, 9.17) is 0 Å². The zero-order valence-electron chi connectivity index (χ0n) is 21.3. The largest absolute Gasteiger partial charge is 0.245 e. The molecule has 188 valence electrons. The Bertz CT molecular complexity index is 1360. The molecule has 0 aliphatic heterocycles. The van der Waals surface area contributed by atoms with Crippen molar-refractivity contribution in [1.82, 2.24) is 0 Å². The van der Waals surface area contributed by atoms with Crippen LogP contribution in [0.3, 0.4) is 0 Å². The van der Waals surface area contributed by atoms with Crippen LogP contribution in [0.4, 0.5) is 0 Å². The Morgan fingerprint density at radius 1 is 0.500 bits per heavy atom. The summed E-state index contributed by atoms with van der Waals surface area (Å²) in [5.74, 6) is 0. The molecule has 4 rings (SSSR count). The van der Waals surface area contributed by atoms with Crippen molar-refractivity contribution in [2.45, 2.75) is 36.7 Å². The topological polar surface area (TPSA) is 58.9 Å². The molecule has 0 radical (unpaired) electrons. The molecule has 0 saturated carbocycles. The van der Waals surface area contributed by atoms with Crippen molar-refractivity contribution in [2.24, 2.45) is 8.73 Å². The van der Waals surface area contributed by atoms with E-state index in [0.717, 1.165) is 20.9 Å². The lowest BCUT2D eigenvalue weighted by molar-refractivity contribution is 0.677. The van der Waals surface area contributed by atoms with Crippen molar-refractivity contribution in [3.05, 3.63) is 131 Å². The van der Waals surface area contributed by atoms with Crippen LogP contribution in [-0.4, -0.2) is 20.9 Å². The Kier molecular flexibility index (Phi) is 9.62. The van der Waals surface area contributed by atoms with E-state index in [9.17, 15) is 8.42 Å². The molecule has 0 amide bonds. The minimum atomic E-state index is -2.29. The van der Waals surface area contributed by atoms with E-state index in [0.29, 0.717) is 13.1 Å². The van der Waals surface area contributed by atoms with Gasteiger partial charge in [-0.1, -0.05) is 96.1 Å². The van der Waals surface area contributed by atoms with E-state index in [-0.39, 0.29) is 0 Å². The van der Waals surface area contributed by atoms with Gasteiger partial charge in [-0.25, -0.2) is 17.1 Å². The summed E-state index contributed by atoms with van der Waals surface area (Å²) in [7, 11) is -4.59. The van der Waals surface area contributed by atoms with Crippen molar-refractivity contribution < 1.29 is 8.42 Å². The molecule has 0 fully saturated rings. The first-order valence-corrected chi connectivity index (χ1v) is 15.6. The van der Waals surface area contributed by atoms with Crippen LogP contribution < -0.4 is 0 Å². The van der Waals surface area contributed by atoms with Crippen molar-refractivity contribution in [3.63, 3.8) is 0 Å². The smallest absolute Gasteiger partial charge is 0.0737 e. The van der Waals surface area contributed by atoms with Crippen LogP contribution in [-0.2, 0) is 32.5 Å². The van der Waals surface area contributed by atoms with Gasteiger partial charge in [-0.15, -0.1) is 0 Å². The third kappa shape index (κ3) is 8.47. The summed E-state index contributed by atoms with van der Waals surface area (Å²) >= 11 is 0. The number of aryl methyl sites for hydroxylation is 2. The van der Waals surface area contributed by atoms with Crippen molar-refractivity contribution in [1.29, 1.82) is 0 Å². The molecule has 0 aliphatic carbocycles. The van der Waals surface area contributed by atoms with E-state index >= 15 is 0 Å². The lowest BCUT2D eigenvalue weighted by atomic mass is 10.2. The van der Waals surface area contributed by atoms with Gasteiger partial charge in [0.15, 0.2) is 0 Å². The lowest BCUT2D eigenvalue weighted by Gasteiger charge is -2.04. The molecular formula is C30H34N2O2S2.